The Morgan fingerprint density at radius 1 is 1.29 bits per heavy atom. The van der Waals surface area contributed by atoms with E-state index in [9.17, 15) is 9.18 Å². The molecule has 3 N–H and O–H groups in total. The van der Waals surface area contributed by atoms with E-state index in [-0.39, 0.29) is 23.6 Å². The topological polar surface area (TPSA) is 101 Å². The minimum Gasteiger partial charge on any atom is -0.368 e. The lowest BCUT2D eigenvalue weighted by molar-refractivity contribution is 0.0704. The van der Waals surface area contributed by atoms with Crippen LogP contribution >= 0.6 is 0 Å². The number of nitrogens with zero attached hydrogens (tertiary/aromatic N) is 4. The molecule has 28 heavy (non-hydrogen) atoms. The van der Waals surface area contributed by atoms with Crippen molar-refractivity contribution in [3.8, 4) is 11.1 Å². The molecular weight excluding hydrogens is 359 g/mol. The number of carbonyl (C=O) groups is 1. The standard InChI is InChI=1S/C20H21FN6O/c1-12-16(9-23-20(22)25-12)19(28)27-8-2-3-14(11-27)18-17(10-24-26-18)13-4-6-15(21)7-5-13/h4-7,9-10,14H,2-3,8,11H2,1H3,(H,24,26)(H2,22,23,25)/t14-/m0/s1. The average molecular weight is 380 g/mol. The van der Waals surface area contributed by atoms with Gasteiger partial charge in [-0.25, -0.2) is 14.4 Å². The largest absolute Gasteiger partial charge is 0.368 e. The Hall–Kier alpha value is -3.29. The zero-order valence-electron chi connectivity index (χ0n) is 15.5. The molecule has 0 saturated carbocycles. The Labute approximate surface area is 161 Å². The van der Waals surface area contributed by atoms with E-state index in [1.807, 2.05) is 4.90 Å². The predicted molar refractivity (Wildman–Crippen MR) is 103 cm³/mol. The van der Waals surface area contributed by atoms with Gasteiger partial charge in [0.05, 0.1) is 17.5 Å². The average Bonchev–Trinajstić information content (AvgIpc) is 3.18. The van der Waals surface area contributed by atoms with Crippen molar-refractivity contribution >= 4 is 11.9 Å². The fraction of sp³-hybridized carbons (Fsp3) is 0.300. The molecule has 8 heteroatoms. The SMILES string of the molecule is Cc1nc(N)ncc1C(=O)N1CCC[C@H](c2[nH]ncc2-c2ccc(F)cc2)C1. The summed E-state index contributed by atoms with van der Waals surface area (Å²) in [6.45, 7) is 3.01. The number of hydrogen-bond donors (Lipinski definition) is 2. The van der Waals surface area contributed by atoms with Gasteiger partial charge in [0.1, 0.15) is 5.82 Å². The zero-order valence-corrected chi connectivity index (χ0v) is 15.5. The first-order valence-corrected chi connectivity index (χ1v) is 9.20. The lowest BCUT2D eigenvalue weighted by Gasteiger charge is -2.33. The summed E-state index contributed by atoms with van der Waals surface area (Å²) >= 11 is 0. The zero-order chi connectivity index (χ0) is 19.7. The van der Waals surface area contributed by atoms with Crippen LogP contribution in [0, 0.1) is 12.7 Å². The molecule has 0 bridgehead atoms. The maximum Gasteiger partial charge on any atom is 0.257 e. The van der Waals surface area contributed by atoms with Crippen LogP contribution in [0.4, 0.5) is 10.3 Å². The summed E-state index contributed by atoms with van der Waals surface area (Å²) < 4.78 is 13.3. The fourth-order valence-corrected chi connectivity index (χ4v) is 3.73. The first-order chi connectivity index (χ1) is 13.5. The van der Waals surface area contributed by atoms with Gasteiger partial charge in [0.15, 0.2) is 0 Å². The maximum absolute atomic E-state index is 13.3. The van der Waals surface area contributed by atoms with E-state index in [2.05, 4.69) is 20.2 Å². The van der Waals surface area contributed by atoms with Crippen LogP contribution in [-0.2, 0) is 0 Å². The van der Waals surface area contributed by atoms with Crippen molar-refractivity contribution < 1.29 is 9.18 Å². The Kier molecular flexibility index (Phi) is 4.77. The van der Waals surface area contributed by atoms with E-state index in [0.29, 0.717) is 24.3 Å². The van der Waals surface area contributed by atoms with Gasteiger partial charge in [-0.1, -0.05) is 12.1 Å². The van der Waals surface area contributed by atoms with Gasteiger partial charge in [-0.05, 0) is 37.5 Å². The number of rotatable bonds is 3. The van der Waals surface area contributed by atoms with E-state index in [1.165, 1.54) is 18.3 Å². The van der Waals surface area contributed by atoms with E-state index in [4.69, 9.17) is 5.73 Å². The van der Waals surface area contributed by atoms with Crippen LogP contribution in [0.1, 0.15) is 40.5 Å². The monoisotopic (exact) mass is 380 g/mol. The molecule has 0 unspecified atom stereocenters. The number of amides is 1. The van der Waals surface area contributed by atoms with Crippen LogP contribution in [0.3, 0.4) is 0 Å². The molecule has 1 aliphatic heterocycles. The quantitative estimate of drug-likeness (QED) is 0.728. The molecule has 0 radical (unpaired) electrons. The number of hydrogen-bond acceptors (Lipinski definition) is 5. The second-order valence-electron chi connectivity index (χ2n) is 7.02. The molecule has 0 spiro atoms. The minimum absolute atomic E-state index is 0.0925. The molecule has 7 nitrogen and oxygen atoms in total. The van der Waals surface area contributed by atoms with Crippen LogP contribution in [-0.4, -0.2) is 44.1 Å². The van der Waals surface area contributed by atoms with Gasteiger partial charge >= 0.3 is 0 Å². The smallest absolute Gasteiger partial charge is 0.257 e. The number of aryl methyl sites for hydroxylation is 1. The number of anilines is 1. The number of aromatic amines is 1. The van der Waals surface area contributed by atoms with Gasteiger partial charge in [0.25, 0.3) is 5.91 Å². The number of benzene rings is 1. The lowest BCUT2D eigenvalue weighted by atomic mass is 9.90. The molecule has 144 valence electrons. The highest BCUT2D eigenvalue weighted by molar-refractivity contribution is 5.95. The van der Waals surface area contributed by atoms with Gasteiger partial charge in [0, 0.05) is 36.5 Å². The predicted octanol–water partition coefficient (Wildman–Crippen LogP) is 2.92. The molecule has 2 aromatic heterocycles. The minimum atomic E-state index is -0.274. The van der Waals surface area contributed by atoms with E-state index < -0.39 is 0 Å². The van der Waals surface area contributed by atoms with Crippen molar-refractivity contribution in [2.45, 2.75) is 25.7 Å². The van der Waals surface area contributed by atoms with Gasteiger partial charge < -0.3 is 10.6 Å². The van der Waals surface area contributed by atoms with Crippen LogP contribution in [0.2, 0.25) is 0 Å². The first kappa shape index (κ1) is 18.1. The molecule has 1 fully saturated rings. The van der Waals surface area contributed by atoms with Gasteiger partial charge in [-0.2, -0.15) is 5.10 Å². The molecule has 1 aromatic carbocycles. The number of nitrogen functional groups attached to an aromatic ring is 1. The summed E-state index contributed by atoms with van der Waals surface area (Å²) in [5.74, 6) is -0.0865. The Bertz CT molecular complexity index is 1000. The molecule has 0 aliphatic carbocycles. The lowest BCUT2D eigenvalue weighted by Crippen LogP contribution is -2.39. The number of nitrogens with two attached hydrogens (primary N) is 1. The number of nitrogens with one attached hydrogen (secondary N) is 1. The molecule has 3 heterocycles. The number of aromatic nitrogens is 4. The molecule has 4 rings (SSSR count). The third-order valence-electron chi connectivity index (χ3n) is 5.17. The molecule has 1 aliphatic rings. The third kappa shape index (κ3) is 3.45. The summed E-state index contributed by atoms with van der Waals surface area (Å²) in [7, 11) is 0. The molecular formula is C20H21FN6O. The highest BCUT2D eigenvalue weighted by Gasteiger charge is 2.29. The second-order valence-corrected chi connectivity index (χ2v) is 7.02. The van der Waals surface area contributed by atoms with Crippen LogP contribution in [0.5, 0.6) is 0 Å². The van der Waals surface area contributed by atoms with Gasteiger partial charge in [-0.3, -0.25) is 9.89 Å². The van der Waals surface area contributed by atoms with Crippen LogP contribution in [0.25, 0.3) is 11.1 Å². The summed E-state index contributed by atoms with van der Waals surface area (Å²) in [5, 5.41) is 7.28. The Morgan fingerprint density at radius 2 is 2.07 bits per heavy atom. The van der Waals surface area contributed by atoms with Gasteiger partial charge in [-0.15, -0.1) is 0 Å². The van der Waals surface area contributed by atoms with Crippen molar-refractivity contribution in [2.24, 2.45) is 0 Å². The summed E-state index contributed by atoms with van der Waals surface area (Å²) in [6, 6.07) is 6.36. The van der Waals surface area contributed by atoms with Gasteiger partial charge in [0.2, 0.25) is 5.95 Å². The maximum atomic E-state index is 13.3. The third-order valence-corrected chi connectivity index (χ3v) is 5.17. The Balaban J connectivity index is 1.57. The first-order valence-electron chi connectivity index (χ1n) is 9.20. The number of carbonyl (C=O) groups excluding carboxylic acids is 1. The number of halogens is 1. The fourth-order valence-electron chi connectivity index (χ4n) is 3.73. The summed E-state index contributed by atoms with van der Waals surface area (Å²) in [5.41, 5.74) is 9.44. The Morgan fingerprint density at radius 3 is 2.82 bits per heavy atom. The van der Waals surface area contributed by atoms with Crippen LogP contribution < -0.4 is 5.73 Å². The van der Waals surface area contributed by atoms with Crippen LogP contribution in [0.15, 0.2) is 36.7 Å². The summed E-state index contributed by atoms with van der Waals surface area (Å²) in [4.78, 5) is 22.9. The van der Waals surface area contributed by atoms with Crippen molar-refractivity contribution in [1.29, 1.82) is 0 Å². The van der Waals surface area contributed by atoms with E-state index >= 15 is 0 Å². The molecule has 1 saturated heterocycles. The van der Waals surface area contributed by atoms with E-state index in [1.54, 1.807) is 25.3 Å². The van der Waals surface area contributed by atoms with Crippen molar-refractivity contribution in [2.75, 3.05) is 18.8 Å². The van der Waals surface area contributed by atoms with Crippen molar-refractivity contribution in [1.82, 2.24) is 25.1 Å². The van der Waals surface area contributed by atoms with Crippen molar-refractivity contribution in [3.63, 3.8) is 0 Å². The highest BCUT2D eigenvalue weighted by atomic mass is 19.1. The number of H-pyrrole nitrogens is 1. The molecule has 1 atom stereocenters. The number of piperidine rings is 1. The second kappa shape index (κ2) is 7.38. The summed E-state index contributed by atoms with van der Waals surface area (Å²) in [6.07, 6.45) is 5.07. The molecule has 3 aromatic rings. The van der Waals surface area contributed by atoms with E-state index in [0.717, 1.165) is 29.7 Å². The highest BCUT2D eigenvalue weighted by Crippen LogP contribution is 2.33. The molecule has 1 amide bonds. The normalized spacial score (nSPS) is 16.9. The van der Waals surface area contributed by atoms with Crippen molar-refractivity contribution in [3.05, 3.63) is 59.4 Å². The number of likely N-dealkylation sites (tertiary alicyclic amines) is 1.